The molecule has 0 spiro atoms. The molecular formula is C22H22F2N2O. The van der Waals surface area contributed by atoms with E-state index in [0.29, 0.717) is 17.7 Å². The minimum absolute atomic E-state index is 0.0204. The van der Waals surface area contributed by atoms with Crippen molar-refractivity contribution in [3.8, 4) is 5.75 Å². The van der Waals surface area contributed by atoms with Crippen LogP contribution in [0.2, 0.25) is 0 Å². The molecule has 0 aliphatic rings. The topological polar surface area (TPSA) is 59.1 Å². The van der Waals surface area contributed by atoms with Crippen LogP contribution in [0.25, 0.3) is 0 Å². The van der Waals surface area contributed by atoms with Gasteiger partial charge >= 0.3 is 0 Å². The highest BCUT2D eigenvalue weighted by Crippen LogP contribution is 2.36. The number of halogens is 2. The number of nitrogens with two attached hydrogens (primary N) is 1. The lowest BCUT2D eigenvalue weighted by molar-refractivity contribution is -0.00841. The van der Waals surface area contributed by atoms with E-state index in [4.69, 9.17) is 5.73 Å². The smallest absolute Gasteiger partial charge is 0.273 e. The third-order valence-corrected chi connectivity index (χ3v) is 4.77. The third-order valence-electron chi connectivity index (χ3n) is 4.77. The number of alkyl halides is 2. The third kappa shape index (κ3) is 3.98. The highest BCUT2D eigenvalue weighted by atomic mass is 19.3. The molecular weight excluding hydrogens is 346 g/mol. The van der Waals surface area contributed by atoms with Gasteiger partial charge in [0.25, 0.3) is 5.92 Å². The van der Waals surface area contributed by atoms with E-state index in [9.17, 15) is 13.9 Å². The van der Waals surface area contributed by atoms with Crippen molar-refractivity contribution in [2.45, 2.75) is 31.2 Å². The van der Waals surface area contributed by atoms with Crippen LogP contribution in [0.1, 0.15) is 35.7 Å². The molecule has 0 aliphatic heterocycles. The van der Waals surface area contributed by atoms with Crippen molar-refractivity contribution in [2.24, 2.45) is 5.73 Å². The fourth-order valence-corrected chi connectivity index (χ4v) is 3.14. The second kappa shape index (κ2) is 7.45. The molecule has 1 heterocycles. The van der Waals surface area contributed by atoms with E-state index in [-0.39, 0.29) is 17.7 Å². The van der Waals surface area contributed by atoms with Gasteiger partial charge < -0.3 is 10.8 Å². The van der Waals surface area contributed by atoms with Crippen LogP contribution in [0.3, 0.4) is 0 Å². The minimum atomic E-state index is -2.92. The van der Waals surface area contributed by atoms with Crippen LogP contribution < -0.4 is 5.73 Å². The Morgan fingerprint density at radius 1 is 0.963 bits per heavy atom. The maximum Gasteiger partial charge on any atom is 0.273 e. The van der Waals surface area contributed by atoms with E-state index < -0.39 is 11.5 Å². The van der Waals surface area contributed by atoms with E-state index in [0.717, 1.165) is 5.56 Å². The monoisotopic (exact) mass is 368 g/mol. The summed E-state index contributed by atoms with van der Waals surface area (Å²) in [6, 6.07) is 18.9. The molecule has 3 aromatic rings. The summed E-state index contributed by atoms with van der Waals surface area (Å²) in [5.41, 5.74) is 7.62. The lowest BCUT2D eigenvalue weighted by atomic mass is 9.80. The van der Waals surface area contributed by atoms with Crippen LogP contribution in [0.4, 0.5) is 8.78 Å². The van der Waals surface area contributed by atoms with Gasteiger partial charge in [-0.3, -0.25) is 4.98 Å². The lowest BCUT2D eigenvalue weighted by Crippen LogP contribution is -2.41. The van der Waals surface area contributed by atoms with Gasteiger partial charge in [0.15, 0.2) is 0 Å². The van der Waals surface area contributed by atoms with Crippen LogP contribution in [-0.2, 0) is 17.9 Å². The average molecular weight is 368 g/mol. The Bertz CT molecular complexity index is 898. The maximum atomic E-state index is 14.2. The van der Waals surface area contributed by atoms with Crippen LogP contribution in [-0.4, -0.2) is 10.1 Å². The van der Waals surface area contributed by atoms with E-state index in [1.807, 2.05) is 30.3 Å². The predicted octanol–water partition coefficient (Wildman–Crippen LogP) is 4.73. The Hall–Kier alpha value is -2.79. The molecule has 0 saturated carbocycles. The summed E-state index contributed by atoms with van der Waals surface area (Å²) in [6.45, 7) is 1.45. The Labute approximate surface area is 157 Å². The molecule has 5 heteroatoms. The summed E-state index contributed by atoms with van der Waals surface area (Å²) in [5.74, 6) is -2.90. The molecule has 2 aromatic carbocycles. The quantitative estimate of drug-likeness (QED) is 0.661. The van der Waals surface area contributed by atoms with Crippen molar-refractivity contribution < 1.29 is 13.9 Å². The van der Waals surface area contributed by atoms with Gasteiger partial charge in [0.1, 0.15) is 5.75 Å². The molecule has 1 atom stereocenters. The van der Waals surface area contributed by atoms with Crippen molar-refractivity contribution in [3.63, 3.8) is 0 Å². The summed E-state index contributed by atoms with van der Waals surface area (Å²) in [6.07, 6.45) is 1.41. The molecule has 1 unspecified atom stereocenters. The fourth-order valence-electron chi connectivity index (χ4n) is 3.14. The molecule has 3 rings (SSSR count). The van der Waals surface area contributed by atoms with E-state index >= 15 is 0 Å². The van der Waals surface area contributed by atoms with Gasteiger partial charge in [-0.2, -0.15) is 0 Å². The first-order chi connectivity index (χ1) is 12.8. The van der Waals surface area contributed by atoms with Gasteiger partial charge in [-0.25, -0.2) is 8.78 Å². The van der Waals surface area contributed by atoms with Gasteiger partial charge in [-0.1, -0.05) is 55.5 Å². The Morgan fingerprint density at radius 2 is 1.67 bits per heavy atom. The van der Waals surface area contributed by atoms with Crippen molar-refractivity contribution >= 4 is 0 Å². The molecule has 27 heavy (non-hydrogen) atoms. The van der Waals surface area contributed by atoms with Gasteiger partial charge in [0.2, 0.25) is 0 Å². The first kappa shape index (κ1) is 19.0. The van der Waals surface area contributed by atoms with Crippen molar-refractivity contribution in [1.82, 2.24) is 4.98 Å². The lowest BCUT2D eigenvalue weighted by Gasteiger charge is -2.31. The zero-order valence-corrected chi connectivity index (χ0v) is 15.1. The zero-order chi connectivity index (χ0) is 19.5. The zero-order valence-electron chi connectivity index (χ0n) is 15.1. The Balaban J connectivity index is 2.12. The van der Waals surface area contributed by atoms with Crippen LogP contribution >= 0.6 is 0 Å². The standard InChI is InChI=1S/C22H22F2N2O/c1-2-22(23,24)18-10-6-9-17(13-18)21(25,14-16-7-4-3-5-8-16)20-12-11-19(27)15-26-20/h3-13,15,27H,2,14,25H2,1H3. The molecule has 0 saturated heterocycles. The van der Waals surface area contributed by atoms with Crippen molar-refractivity contribution in [1.29, 1.82) is 0 Å². The summed E-state index contributed by atoms with van der Waals surface area (Å²) >= 11 is 0. The van der Waals surface area contributed by atoms with Crippen LogP contribution in [0.15, 0.2) is 72.9 Å². The second-order valence-electron chi connectivity index (χ2n) is 6.67. The molecule has 0 bridgehead atoms. The van der Waals surface area contributed by atoms with E-state index in [1.165, 1.54) is 31.3 Å². The maximum absolute atomic E-state index is 14.2. The summed E-state index contributed by atoms with van der Waals surface area (Å²) in [4.78, 5) is 4.27. The van der Waals surface area contributed by atoms with E-state index in [1.54, 1.807) is 18.2 Å². The number of pyridine rings is 1. The number of rotatable bonds is 6. The Kier molecular flexibility index (Phi) is 5.24. The molecule has 0 radical (unpaired) electrons. The van der Waals surface area contributed by atoms with Crippen LogP contribution in [0.5, 0.6) is 5.75 Å². The van der Waals surface area contributed by atoms with E-state index in [2.05, 4.69) is 4.98 Å². The molecule has 3 nitrogen and oxygen atoms in total. The molecule has 0 aliphatic carbocycles. The molecule has 0 amide bonds. The number of benzene rings is 2. The van der Waals surface area contributed by atoms with Gasteiger partial charge in [-0.05, 0) is 29.3 Å². The number of hydrogen-bond acceptors (Lipinski definition) is 3. The average Bonchev–Trinajstić information content (AvgIpc) is 2.69. The predicted molar refractivity (Wildman–Crippen MR) is 102 cm³/mol. The van der Waals surface area contributed by atoms with Gasteiger partial charge in [-0.15, -0.1) is 0 Å². The van der Waals surface area contributed by atoms with Gasteiger partial charge in [0, 0.05) is 18.4 Å². The van der Waals surface area contributed by atoms with Gasteiger partial charge in [0.05, 0.1) is 17.4 Å². The van der Waals surface area contributed by atoms with Crippen LogP contribution in [0, 0.1) is 0 Å². The number of hydrogen-bond donors (Lipinski definition) is 2. The number of aromatic hydroxyl groups is 1. The molecule has 140 valence electrons. The van der Waals surface area contributed by atoms with Crippen molar-refractivity contribution in [3.05, 3.63) is 95.3 Å². The molecule has 0 fully saturated rings. The molecule has 3 N–H and O–H groups in total. The number of aromatic nitrogens is 1. The summed E-state index contributed by atoms with van der Waals surface area (Å²) in [7, 11) is 0. The van der Waals surface area contributed by atoms with Crippen molar-refractivity contribution in [2.75, 3.05) is 0 Å². The summed E-state index contributed by atoms with van der Waals surface area (Å²) in [5, 5.41) is 9.56. The summed E-state index contributed by atoms with van der Waals surface area (Å²) < 4.78 is 28.5. The highest BCUT2D eigenvalue weighted by molar-refractivity contribution is 5.41. The highest BCUT2D eigenvalue weighted by Gasteiger charge is 2.35. The fraction of sp³-hybridized carbons (Fsp3) is 0.227. The SMILES string of the molecule is CCC(F)(F)c1cccc(C(N)(Cc2ccccc2)c2ccc(O)cn2)c1. The second-order valence-corrected chi connectivity index (χ2v) is 6.67. The molecule has 1 aromatic heterocycles. The first-order valence-electron chi connectivity index (χ1n) is 8.82. The minimum Gasteiger partial charge on any atom is -0.506 e. The first-order valence-corrected chi connectivity index (χ1v) is 8.82. The largest absolute Gasteiger partial charge is 0.506 e. The normalized spacial score (nSPS) is 13.9. The Morgan fingerprint density at radius 3 is 2.30 bits per heavy atom. The number of nitrogens with zero attached hydrogens (tertiary/aromatic N) is 1.